The summed E-state index contributed by atoms with van der Waals surface area (Å²) in [6, 6.07) is 4.77. The summed E-state index contributed by atoms with van der Waals surface area (Å²) >= 11 is 0. The van der Waals surface area contributed by atoms with Crippen molar-refractivity contribution in [3.8, 4) is 0 Å². The Kier molecular flexibility index (Phi) is 3.99. The lowest BCUT2D eigenvalue weighted by Crippen LogP contribution is -2.28. The van der Waals surface area contributed by atoms with Gasteiger partial charge < -0.3 is 5.32 Å². The molecule has 1 amide bonds. The highest BCUT2D eigenvalue weighted by Gasteiger charge is 2.59. The third-order valence-corrected chi connectivity index (χ3v) is 6.87. The Morgan fingerprint density at radius 2 is 1.96 bits per heavy atom. The van der Waals surface area contributed by atoms with Crippen LogP contribution in [0.1, 0.15) is 44.6 Å². The number of sulfone groups is 1. The van der Waals surface area contributed by atoms with Crippen LogP contribution in [0.3, 0.4) is 0 Å². The fourth-order valence-corrected chi connectivity index (χ4v) is 5.16. The highest BCUT2D eigenvalue weighted by atomic mass is 32.2. The number of nitrogens with one attached hydrogen (secondary N) is 1. The molecule has 1 heterocycles. The molecule has 1 N–H and O–H groups in total. The average Bonchev–Trinajstić information content (AvgIpc) is 3.17. The van der Waals surface area contributed by atoms with E-state index in [2.05, 4.69) is 5.32 Å². The summed E-state index contributed by atoms with van der Waals surface area (Å²) in [5.74, 6) is -0.141. The number of halogens is 1. The maximum atomic E-state index is 14.0. The van der Waals surface area contributed by atoms with Crippen molar-refractivity contribution in [3.05, 3.63) is 29.6 Å². The SMILES string of the molecule is CC(C)c1ccc(NC(=O)[C@H]2CC23CCS(=O)(=O)CC3)cc1F. The van der Waals surface area contributed by atoms with Crippen molar-refractivity contribution in [2.45, 2.75) is 39.0 Å². The first-order valence-electron chi connectivity index (χ1n) is 8.03. The molecule has 126 valence electrons. The van der Waals surface area contributed by atoms with Gasteiger partial charge in [-0.3, -0.25) is 4.79 Å². The van der Waals surface area contributed by atoms with Crippen molar-refractivity contribution in [2.75, 3.05) is 16.8 Å². The number of rotatable bonds is 3. The second-order valence-electron chi connectivity index (χ2n) is 7.15. The fraction of sp³-hybridized carbons (Fsp3) is 0.588. The normalized spacial score (nSPS) is 24.6. The zero-order valence-electron chi connectivity index (χ0n) is 13.4. The Labute approximate surface area is 136 Å². The van der Waals surface area contributed by atoms with Crippen LogP contribution < -0.4 is 5.32 Å². The van der Waals surface area contributed by atoms with Crippen LogP contribution in [0.15, 0.2) is 18.2 Å². The molecule has 2 aliphatic rings. The first kappa shape index (κ1) is 16.4. The zero-order valence-corrected chi connectivity index (χ0v) is 14.2. The number of hydrogen-bond donors (Lipinski definition) is 1. The number of amides is 1. The predicted molar refractivity (Wildman–Crippen MR) is 87.5 cm³/mol. The van der Waals surface area contributed by atoms with Crippen LogP contribution in [0.5, 0.6) is 0 Å². The van der Waals surface area contributed by atoms with Crippen molar-refractivity contribution in [1.29, 1.82) is 0 Å². The summed E-state index contributed by atoms with van der Waals surface area (Å²) in [6.45, 7) is 3.84. The Morgan fingerprint density at radius 3 is 2.52 bits per heavy atom. The minimum absolute atomic E-state index is 0.0932. The highest BCUT2D eigenvalue weighted by Crippen LogP contribution is 2.60. The lowest BCUT2D eigenvalue weighted by atomic mass is 9.96. The van der Waals surface area contributed by atoms with E-state index in [1.54, 1.807) is 12.1 Å². The van der Waals surface area contributed by atoms with E-state index in [-0.39, 0.29) is 40.5 Å². The summed E-state index contributed by atoms with van der Waals surface area (Å²) in [4.78, 5) is 12.4. The van der Waals surface area contributed by atoms with Gasteiger partial charge in [0.05, 0.1) is 11.5 Å². The fourth-order valence-electron chi connectivity index (χ4n) is 3.52. The molecule has 0 radical (unpaired) electrons. The molecule has 1 aromatic carbocycles. The van der Waals surface area contributed by atoms with Crippen molar-refractivity contribution in [1.82, 2.24) is 0 Å². The van der Waals surface area contributed by atoms with Crippen LogP contribution in [-0.2, 0) is 14.6 Å². The molecular weight excluding hydrogens is 317 g/mol. The van der Waals surface area contributed by atoms with Gasteiger partial charge in [-0.2, -0.15) is 0 Å². The Hall–Kier alpha value is -1.43. The minimum Gasteiger partial charge on any atom is -0.326 e. The van der Waals surface area contributed by atoms with Crippen molar-refractivity contribution in [3.63, 3.8) is 0 Å². The molecule has 1 aliphatic carbocycles. The van der Waals surface area contributed by atoms with Crippen LogP contribution in [0.25, 0.3) is 0 Å². The van der Waals surface area contributed by atoms with Crippen LogP contribution in [0.4, 0.5) is 10.1 Å². The molecule has 3 rings (SSSR count). The molecule has 0 bridgehead atoms. The molecular formula is C17H22FNO3S. The van der Waals surface area contributed by atoms with E-state index in [9.17, 15) is 17.6 Å². The highest BCUT2D eigenvalue weighted by molar-refractivity contribution is 7.91. The topological polar surface area (TPSA) is 63.2 Å². The molecule has 4 nitrogen and oxygen atoms in total. The summed E-state index contributed by atoms with van der Waals surface area (Å²) in [5, 5.41) is 2.77. The average molecular weight is 339 g/mol. The van der Waals surface area contributed by atoms with Gasteiger partial charge in [-0.05, 0) is 48.3 Å². The predicted octanol–water partition coefficient (Wildman–Crippen LogP) is 3.10. The summed E-state index contributed by atoms with van der Waals surface area (Å²) < 4.78 is 37.0. The van der Waals surface area contributed by atoms with Gasteiger partial charge in [-0.25, -0.2) is 12.8 Å². The molecule has 0 unspecified atom stereocenters. The maximum Gasteiger partial charge on any atom is 0.228 e. The Bertz CT molecular complexity index is 728. The summed E-state index contributed by atoms with van der Waals surface area (Å²) in [5.41, 5.74) is 0.942. The van der Waals surface area contributed by atoms with E-state index in [0.29, 0.717) is 24.1 Å². The number of hydrogen-bond acceptors (Lipinski definition) is 3. The molecule has 1 aromatic rings. The van der Waals surface area contributed by atoms with Crippen molar-refractivity contribution < 1.29 is 17.6 Å². The molecule has 1 atom stereocenters. The molecule has 6 heteroatoms. The van der Waals surface area contributed by atoms with Gasteiger partial charge in [-0.15, -0.1) is 0 Å². The van der Waals surface area contributed by atoms with Crippen LogP contribution in [0.2, 0.25) is 0 Å². The largest absolute Gasteiger partial charge is 0.326 e. The smallest absolute Gasteiger partial charge is 0.228 e. The third-order valence-electron chi connectivity index (χ3n) is 5.22. The van der Waals surface area contributed by atoms with E-state index < -0.39 is 9.84 Å². The number of carbonyl (C=O) groups is 1. The third kappa shape index (κ3) is 3.27. The Morgan fingerprint density at radius 1 is 1.30 bits per heavy atom. The standard InChI is InChI=1S/C17H22FNO3S/c1-11(2)13-4-3-12(9-15(13)18)19-16(20)14-10-17(14)5-7-23(21,22)8-6-17/h3-4,9,11,14H,5-8,10H2,1-2H3,(H,19,20)/t14-/m1/s1. The van der Waals surface area contributed by atoms with E-state index in [1.165, 1.54) is 6.07 Å². The van der Waals surface area contributed by atoms with Crippen LogP contribution in [0, 0.1) is 17.2 Å². The maximum absolute atomic E-state index is 14.0. The molecule has 1 aliphatic heterocycles. The molecule has 0 aromatic heterocycles. The quantitative estimate of drug-likeness (QED) is 0.920. The van der Waals surface area contributed by atoms with Crippen LogP contribution in [-0.4, -0.2) is 25.8 Å². The van der Waals surface area contributed by atoms with E-state index >= 15 is 0 Å². The van der Waals surface area contributed by atoms with E-state index in [1.807, 2.05) is 13.8 Å². The second kappa shape index (κ2) is 5.58. The van der Waals surface area contributed by atoms with Gasteiger partial charge in [0, 0.05) is 11.6 Å². The number of benzene rings is 1. The monoisotopic (exact) mass is 339 g/mol. The molecule has 2 fully saturated rings. The van der Waals surface area contributed by atoms with Crippen molar-refractivity contribution >= 4 is 21.4 Å². The second-order valence-corrected chi connectivity index (χ2v) is 9.45. The van der Waals surface area contributed by atoms with Crippen molar-refractivity contribution in [2.24, 2.45) is 11.3 Å². The first-order chi connectivity index (χ1) is 10.7. The summed E-state index contributed by atoms with van der Waals surface area (Å²) in [6.07, 6.45) is 1.86. The van der Waals surface area contributed by atoms with Gasteiger partial charge in [0.25, 0.3) is 0 Å². The molecule has 23 heavy (non-hydrogen) atoms. The van der Waals surface area contributed by atoms with Gasteiger partial charge in [-0.1, -0.05) is 19.9 Å². The lowest BCUT2D eigenvalue weighted by Gasteiger charge is -2.22. The molecule has 1 saturated carbocycles. The van der Waals surface area contributed by atoms with E-state index in [0.717, 1.165) is 6.42 Å². The van der Waals surface area contributed by atoms with Crippen LogP contribution >= 0.6 is 0 Å². The van der Waals surface area contributed by atoms with Gasteiger partial charge in [0.15, 0.2) is 0 Å². The lowest BCUT2D eigenvalue weighted by molar-refractivity contribution is -0.118. The molecule has 1 spiro atoms. The zero-order chi connectivity index (χ0) is 16.8. The van der Waals surface area contributed by atoms with Gasteiger partial charge in [0.1, 0.15) is 15.7 Å². The van der Waals surface area contributed by atoms with Gasteiger partial charge in [0.2, 0.25) is 5.91 Å². The van der Waals surface area contributed by atoms with Gasteiger partial charge >= 0.3 is 0 Å². The minimum atomic E-state index is -2.92. The van der Waals surface area contributed by atoms with E-state index in [4.69, 9.17) is 0 Å². The molecule has 1 saturated heterocycles. The Balaban J connectivity index is 1.64. The number of carbonyl (C=O) groups excluding carboxylic acids is 1. The number of anilines is 1. The first-order valence-corrected chi connectivity index (χ1v) is 9.85. The summed E-state index contributed by atoms with van der Waals surface area (Å²) in [7, 11) is -2.92.